The van der Waals surface area contributed by atoms with Crippen molar-refractivity contribution in [2.75, 3.05) is 33.7 Å². The summed E-state index contributed by atoms with van der Waals surface area (Å²) in [6, 6.07) is 5.12. The van der Waals surface area contributed by atoms with E-state index in [-0.39, 0.29) is 5.82 Å². The number of nitrogens with zero attached hydrogens (tertiary/aromatic N) is 2. The van der Waals surface area contributed by atoms with Crippen molar-refractivity contribution in [2.45, 2.75) is 19.5 Å². The molecule has 0 aromatic heterocycles. The van der Waals surface area contributed by atoms with Gasteiger partial charge in [-0.25, -0.2) is 4.39 Å². The number of hydrogen-bond donors (Lipinski definition) is 1. The highest BCUT2D eigenvalue weighted by atomic mass is 19.1. The van der Waals surface area contributed by atoms with Crippen LogP contribution in [0.1, 0.15) is 17.5 Å². The summed E-state index contributed by atoms with van der Waals surface area (Å²) in [6.07, 6.45) is 1.26. The maximum absolute atomic E-state index is 13.4. The van der Waals surface area contributed by atoms with Crippen molar-refractivity contribution >= 4 is 0 Å². The SMILES string of the molecule is CN1CCC(CN(C)Cc2cc(F)cc(CN)c2)C1. The number of hydrogen-bond acceptors (Lipinski definition) is 3. The third-order valence-electron chi connectivity index (χ3n) is 3.76. The Kier molecular flexibility index (Phi) is 4.91. The zero-order valence-corrected chi connectivity index (χ0v) is 11.9. The van der Waals surface area contributed by atoms with Crippen molar-refractivity contribution in [2.24, 2.45) is 11.7 Å². The predicted octanol–water partition coefficient (Wildman–Crippen LogP) is 1.67. The third-order valence-corrected chi connectivity index (χ3v) is 3.76. The molecule has 19 heavy (non-hydrogen) atoms. The molecule has 3 nitrogen and oxygen atoms in total. The molecule has 1 fully saturated rings. The van der Waals surface area contributed by atoms with E-state index in [0.29, 0.717) is 6.54 Å². The van der Waals surface area contributed by atoms with Crippen molar-refractivity contribution in [3.8, 4) is 0 Å². The summed E-state index contributed by atoms with van der Waals surface area (Å²) in [5.41, 5.74) is 7.45. The highest BCUT2D eigenvalue weighted by Crippen LogP contribution is 2.17. The number of benzene rings is 1. The highest BCUT2D eigenvalue weighted by Gasteiger charge is 2.20. The van der Waals surface area contributed by atoms with Crippen LogP contribution in [0.25, 0.3) is 0 Å². The van der Waals surface area contributed by atoms with Crippen LogP contribution >= 0.6 is 0 Å². The van der Waals surface area contributed by atoms with E-state index in [1.54, 1.807) is 6.07 Å². The van der Waals surface area contributed by atoms with Gasteiger partial charge in [-0.05, 0) is 56.2 Å². The van der Waals surface area contributed by atoms with E-state index in [2.05, 4.69) is 23.9 Å². The van der Waals surface area contributed by atoms with Gasteiger partial charge in [0.1, 0.15) is 5.82 Å². The van der Waals surface area contributed by atoms with Gasteiger partial charge in [0, 0.05) is 26.2 Å². The van der Waals surface area contributed by atoms with Crippen LogP contribution in [0.2, 0.25) is 0 Å². The van der Waals surface area contributed by atoms with Crippen LogP contribution in [0, 0.1) is 11.7 Å². The average molecular weight is 265 g/mol. The Morgan fingerprint density at radius 1 is 1.37 bits per heavy atom. The Morgan fingerprint density at radius 3 is 2.74 bits per heavy atom. The molecule has 106 valence electrons. The molecule has 0 saturated carbocycles. The van der Waals surface area contributed by atoms with E-state index in [4.69, 9.17) is 5.73 Å². The second-order valence-electron chi connectivity index (χ2n) is 5.79. The van der Waals surface area contributed by atoms with Gasteiger partial charge in [0.25, 0.3) is 0 Å². The minimum absolute atomic E-state index is 0.188. The molecular formula is C15H24FN3. The molecule has 0 radical (unpaired) electrons. The van der Waals surface area contributed by atoms with Crippen molar-refractivity contribution in [1.82, 2.24) is 9.80 Å². The lowest BCUT2D eigenvalue weighted by molar-refractivity contribution is 0.267. The minimum Gasteiger partial charge on any atom is -0.326 e. The molecule has 2 N–H and O–H groups in total. The first-order valence-corrected chi connectivity index (χ1v) is 6.92. The second-order valence-corrected chi connectivity index (χ2v) is 5.79. The van der Waals surface area contributed by atoms with Crippen LogP contribution in [-0.4, -0.2) is 43.5 Å². The molecule has 1 aliphatic heterocycles. The Labute approximate surface area is 115 Å². The molecule has 0 bridgehead atoms. The summed E-state index contributed by atoms with van der Waals surface area (Å²) in [7, 11) is 4.27. The molecule has 1 aromatic rings. The van der Waals surface area contributed by atoms with E-state index < -0.39 is 0 Å². The van der Waals surface area contributed by atoms with Gasteiger partial charge < -0.3 is 15.5 Å². The smallest absolute Gasteiger partial charge is 0.123 e. The lowest BCUT2D eigenvalue weighted by atomic mass is 10.1. The first kappa shape index (κ1) is 14.4. The van der Waals surface area contributed by atoms with E-state index in [1.807, 2.05) is 6.07 Å². The van der Waals surface area contributed by atoms with Crippen LogP contribution in [0.15, 0.2) is 18.2 Å². The van der Waals surface area contributed by atoms with E-state index in [1.165, 1.54) is 25.6 Å². The van der Waals surface area contributed by atoms with Gasteiger partial charge >= 0.3 is 0 Å². The number of rotatable bonds is 5. The van der Waals surface area contributed by atoms with Crippen molar-refractivity contribution in [3.05, 3.63) is 35.1 Å². The molecule has 4 heteroatoms. The van der Waals surface area contributed by atoms with Gasteiger partial charge in [0.05, 0.1) is 0 Å². The topological polar surface area (TPSA) is 32.5 Å². The summed E-state index contributed by atoms with van der Waals surface area (Å²) < 4.78 is 13.4. The van der Waals surface area contributed by atoms with Crippen LogP contribution in [0.3, 0.4) is 0 Å². The van der Waals surface area contributed by atoms with Crippen LogP contribution in [0.4, 0.5) is 4.39 Å². The maximum Gasteiger partial charge on any atom is 0.123 e. The number of likely N-dealkylation sites (tertiary alicyclic amines) is 1. The quantitative estimate of drug-likeness (QED) is 0.879. The minimum atomic E-state index is -0.188. The Hall–Kier alpha value is -0.970. The van der Waals surface area contributed by atoms with E-state index in [0.717, 1.165) is 30.1 Å². The molecule has 1 saturated heterocycles. The zero-order chi connectivity index (χ0) is 13.8. The average Bonchev–Trinajstić information content (AvgIpc) is 2.73. The lowest BCUT2D eigenvalue weighted by Gasteiger charge is -2.21. The summed E-state index contributed by atoms with van der Waals surface area (Å²) in [5.74, 6) is 0.546. The molecule has 0 spiro atoms. The van der Waals surface area contributed by atoms with Crippen molar-refractivity contribution in [3.63, 3.8) is 0 Å². The summed E-state index contributed by atoms with van der Waals surface area (Å²) in [4.78, 5) is 4.64. The molecule has 0 amide bonds. The highest BCUT2D eigenvalue weighted by molar-refractivity contribution is 5.24. The largest absolute Gasteiger partial charge is 0.326 e. The van der Waals surface area contributed by atoms with Crippen molar-refractivity contribution in [1.29, 1.82) is 0 Å². The van der Waals surface area contributed by atoms with Gasteiger partial charge in [0.2, 0.25) is 0 Å². The molecule has 1 heterocycles. The van der Waals surface area contributed by atoms with Gasteiger partial charge in [0.15, 0.2) is 0 Å². The van der Waals surface area contributed by atoms with Gasteiger partial charge in [-0.3, -0.25) is 0 Å². The first-order valence-electron chi connectivity index (χ1n) is 6.92. The van der Waals surface area contributed by atoms with Crippen LogP contribution in [-0.2, 0) is 13.1 Å². The van der Waals surface area contributed by atoms with E-state index >= 15 is 0 Å². The van der Waals surface area contributed by atoms with Crippen LogP contribution < -0.4 is 5.73 Å². The summed E-state index contributed by atoms with van der Waals surface area (Å²) >= 11 is 0. The standard InChI is InChI=1S/C15H24FN3/c1-18-4-3-12(9-18)10-19(2)11-14-5-13(8-17)6-15(16)7-14/h5-7,12H,3-4,8-11,17H2,1-2H3. The Morgan fingerprint density at radius 2 is 2.11 bits per heavy atom. The number of nitrogens with two attached hydrogens (primary N) is 1. The first-order chi connectivity index (χ1) is 9.06. The van der Waals surface area contributed by atoms with Crippen molar-refractivity contribution < 1.29 is 4.39 Å². The monoisotopic (exact) mass is 265 g/mol. The molecule has 1 aromatic carbocycles. The lowest BCUT2D eigenvalue weighted by Crippen LogP contribution is -2.27. The normalized spacial score (nSPS) is 20.4. The predicted molar refractivity (Wildman–Crippen MR) is 76.2 cm³/mol. The summed E-state index contributed by atoms with van der Waals surface area (Å²) in [6.45, 7) is 4.60. The molecule has 0 aliphatic carbocycles. The fourth-order valence-corrected chi connectivity index (χ4v) is 2.92. The molecule has 1 atom stereocenters. The fourth-order valence-electron chi connectivity index (χ4n) is 2.92. The summed E-state index contributed by atoms with van der Waals surface area (Å²) in [5, 5.41) is 0. The van der Waals surface area contributed by atoms with E-state index in [9.17, 15) is 4.39 Å². The Balaban J connectivity index is 1.91. The fraction of sp³-hybridized carbons (Fsp3) is 0.600. The Bertz CT molecular complexity index is 422. The molecule has 1 unspecified atom stereocenters. The van der Waals surface area contributed by atoms with Gasteiger partial charge in [-0.2, -0.15) is 0 Å². The second kappa shape index (κ2) is 6.46. The number of halogens is 1. The molecule has 1 aliphatic rings. The van der Waals surface area contributed by atoms with Gasteiger partial charge in [-0.15, -0.1) is 0 Å². The molecule has 2 rings (SSSR count). The van der Waals surface area contributed by atoms with Crippen LogP contribution in [0.5, 0.6) is 0 Å². The zero-order valence-electron chi connectivity index (χ0n) is 11.9. The van der Waals surface area contributed by atoms with Gasteiger partial charge in [-0.1, -0.05) is 6.07 Å². The molecular weight excluding hydrogens is 241 g/mol. The maximum atomic E-state index is 13.4. The third kappa shape index (κ3) is 4.27.